The van der Waals surface area contributed by atoms with Crippen LogP contribution in [0.2, 0.25) is 0 Å². The highest BCUT2D eigenvalue weighted by atomic mass is 79.9. The summed E-state index contributed by atoms with van der Waals surface area (Å²) in [6.45, 7) is 1.89. The lowest BCUT2D eigenvalue weighted by Gasteiger charge is -2.02. The number of fused-ring (bicyclic) bond motifs is 1. The van der Waals surface area contributed by atoms with Gasteiger partial charge in [-0.25, -0.2) is 9.37 Å². The van der Waals surface area contributed by atoms with Crippen LogP contribution >= 0.6 is 15.9 Å². The Balaban J connectivity index is 2.39. The van der Waals surface area contributed by atoms with E-state index in [1.807, 2.05) is 13.0 Å². The third kappa shape index (κ3) is 2.32. The molecule has 2 aromatic heterocycles. The van der Waals surface area contributed by atoms with Crippen LogP contribution in [0.25, 0.3) is 16.9 Å². The molecule has 0 atom stereocenters. The van der Waals surface area contributed by atoms with Crippen LogP contribution in [0.15, 0.2) is 41.0 Å². The standard InChI is InChI=1S/C17H10BrFN2O/c1-3-14(22)16-15(11-4-6-13(19)7-5-11)20-17-10(2)8-12(18)9-21(16)17/h1,4-9H,2H3. The Morgan fingerprint density at radius 3 is 2.68 bits per heavy atom. The van der Waals surface area contributed by atoms with Crippen molar-refractivity contribution in [1.82, 2.24) is 9.38 Å². The molecule has 2 heterocycles. The molecule has 22 heavy (non-hydrogen) atoms. The Morgan fingerprint density at radius 2 is 2.05 bits per heavy atom. The molecule has 1 aromatic carbocycles. The maximum atomic E-state index is 13.1. The van der Waals surface area contributed by atoms with Crippen LogP contribution in [0.4, 0.5) is 4.39 Å². The lowest BCUT2D eigenvalue weighted by Crippen LogP contribution is -2.03. The van der Waals surface area contributed by atoms with Crippen LogP contribution in [0, 0.1) is 25.1 Å². The molecule has 0 amide bonds. The van der Waals surface area contributed by atoms with E-state index in [-0.39, 0.29) is 5.82 Å². The summed E-state index contributed by atoms with van der Waals surface area (Å²) in [5.74, 6) is 1.31. The average Bonchev–Trinajstić information content (AvgIpc) is 2.87. The summed E-state index contributed by atoms with van der Waals surface area (Å²) in [6.07, 6.45) is 7.03. The van der Waals surface area contributed by atoms with Crippen molar-refractivity contribution in [2.45, 2.75) is 6.92 Å². The Morgan fingerprint density at radius 1 is 1.36 bits per heavy atom. The van der Waals surface area contributed by atoms with Crippen molar-refractivity contribution in [3.63, 3.8) is 0 Å². The molecule has 0 unspecified atom stereocenters. The van der Waals surface area contributed by atoms with Crippen molar-refractivity contribution in [2.24, 2.45) is 0 Å². The number of rotatable bonds is 2. The van der Waals surface area contributed by atoms with Gasteiger partial charge in [0.15, 0.2) is 0 Å². The van der Waals surface area contributed by atoms with E-state index in [4.69, 9.17) is 6.42 Å². The molecule has 0 radical (unpaired) electrons. The third-order valence-electron chi connectivity index (χ3n) is 3.33. The van der Waals surface area contributed by atoms with Gasteiger partial charge in [0, 0.05) is 16.2 Å². The number of Topliss-reactive ketones (excluding diaryl/α,β-unsaturated/α-hetero) is 1. The zero-order chi connectivity index (χ0) is 15.9. The summed E-state index contributed by atoms with van der Waals surface area (Å²) in [5.41, 5.74) is 2.92. The van der Waals surface area contributed by atoms with Gasteiger partial charge in [-0.3, -0.25) is 9.20 Å². The minimum absolute atomic E-state index is 0.300. The summed E-state index contributed by atoms with van der Waals surface area (Å²) in [6, 6.07) is 7.71. The van der Waals surface area contributed by atoms with Gasteiger partial charge in [-0.2, -0.15) is 0 Å². The van der Waals surface area contributed by atoms with Gasteiger partial charge in [0.1, 0.15) is 22.9 Å². The van der Waals surface area contributed by atoms with E-state index in [2.05, 4.69) is 26.8 Å². The molecule has 3 rings (SSSR count). The molecule has 0 spiro atoms. The van der Waals surface area contributed by atoms with Crippen LogP contribution in [0.3, 0.4) is 0 Å². The number of halogens is 2. The van der Waals surface area contributed by atoms with Gasteiger partial charge >= 0.3 is 0 Å². The van der Waals surface area contributed by atoms with Crippen LogP contribution in [0.1, 0.15) is 16.1 Å². The number of ketones is 1. The van der Waals surface area contributed by atoms with E-state index in [1.54, 1.807) is 22.7 Å². The van der Waals surface area contributed by atoms with E-state index in [9.17, 15) is 9.18 Å². The number of pyridine rings is 1. The smallest absolute Gasteiger partial charge is 0.254 e. The first-order valence-corrected chi connectivity index (χ1v) is 7.25. The highest BCUT2D eigenvalue weighted by molar-refractivity contribution is 9.10. The molecule has 5 heteroatoms. The minimum Gasteiger partial charge on any atom is -0.294 e. The fourth-order valence-electron chi connectivity index (χ4n) is 2.36. The first-order valence-electron chi connectivity index (χ1n) is 6.46. The fourth-order valence-corrected chi connectivity index (χ4v) is 2.91. The SMILES string of the molecule is C#CC(=O)c1c(-c2ccc(F)cc2)nc2c(C)cc(Br)cn12. The number of hydrogen-bond acceptors (Lipinski definition) is 2. The normalized spacial score (nSPS) is 10.6. The minimum atomic E-state index is -0.468. The maximum absolute atomic E-state index is 13.1. The van der Waals surface area contributed by atoms with Crippen molar-refractivity contribution >= 4 is 27.4 Å². The quantitative estimate of drug-likeness (QED) is 0.394. The van der Waals surface area contributed by atoms with Gasteiger partial charge in [0.2, 0.25) is 0 Å². The molecule has 0 saturated heterocycles. The average molecular weight is 357 g/mol. The Hall–Kier alpha value is -2.45. The summed E-state index contributed by atoms with van der Waals surface area (Å²) >= 11 is 3.40. The lowest BCUT2D eigenvalue weighted by atomic mass is 10.1. The van der Waals surface area contributed by atoms with Crippen LogP contribution in [0.5, 0.6) is 0 Å². The second-order valence-electron chi connectivity index (χ2n) is 4.82. The van der Waals surface area contributed by atoms with Gasteiger partial charge in [-0.05, 0) is 64.7 Å². The first-order chi connectivity index (χ1) is 10.5. The summed E-state index contributed by atoms with van der Waals surface area (Å²) < 4.78 is 15.6. The fraction of sp³-hybridized carbons (Fsp3) is 0.0588. The van der Waals surface area contributed by atoms with Gasteiger partial charge in [-0.1, -0.05) is 0 Å². The Bertz CT molecular complexity index is 936. The van der Waals surface area contributed by atoms with Crippen molar-refractivity contribution < 1.29 is 9.18 Å². The number of aromatic nitrogens is 2. The second-order valence-corrected chi connectivity index (χ2v) is 5.74. The largest absolute Gasteiger partial charge is 0.294 e. The van der Waals surface area contributed by atoms with Gasteiger partial charge in [0.05, 0.1) is 0 Å². The Labute approximate surface area is 134 Å². The second kappa shape index (κ2) is 5.39. The van der Waals surface area contributed by atoms with Crippen molar-refractivity contribution in [1.29, 1.82) is 0 Å². The van der Waals surface area contributed by atoms with Crippen molar-refractivity contribution in [2.75, 3.05) is 0 Å². The van der Waals surface area contributed by atoms with E-state index in [0.29, 0.717) is 22.6 Å². The van der Waals surface area contributed by atoms with Crippen molar-refractivity contribution in [3.05, 3.63) is 58.1 Å². The molecule has 0 saturated carbocycles. The molecule has 0 fully saturated rings. The topological polar surface area (TPSA) is 34.4 Å². The summed E-state index contributed by atoms with van der Waals surface area (Å²) in [4.78, 5) is 16.7. The number of terminal acetylenes is 1. The molecule has 3 aromatic rings. The van der Waals surface area contributed by atoms with Crippen LogP contribution < -0.4 is 0 Å². The summed E-state index contributed by atoms with van der Waals surface area (Å²) in [7, 11) is 0. The number of carbonyl (C=O) groups is 1. The molecule has 0 aliphatic heterocycles. The zero-order valence-electron chi connectivity index (χ0n) is 11.6. The highest BCUT2D eigenvalue weighted by Crippen LogP contribution is 2.28. The van der Waals surface area contributed by atoms with Crippen LogP contribution in [-0.2, 0) is 0 Å². The number of hydrogen-bond donors (Lipinski definition) is 0. The van der Waals surface area contributed by atoms with E-state index in [1.165, 1.54) is 12.1 Å². The molecular formula is C17H10BrFN2O. The third-order valence-corrected chi connectivity index (χ3v) is 3.77. The van der Waals surface area contributed by atoms with Gasteiger partial charge in [0.25, 0.3) is 5.78 Å². The van der Waals surface area contributed by atoms with Crippen molar-refractivity contribution in [3.8, 4) is 23.6 Å². The number of aryl methyl sites for hydroxylation is 1. The molecule has 108 valence electrons. The number of benzene rings is 1. The molecule has 3 nitrogen and oxygen atoms in total. The molecule has 0 aliphatic carbocycles. The summed E-state index contributed by atoms with van der Waals surface area (Å²) in [5, 5.41) is 0. The zero-order valence-corrected chi connectivity index (χ0v) is 13.2. The van der Waals surface area contributed by atoms with E-state index >= 15 is 0 Å². The first kappa shape index (κ1) is 14.5. The van der Waals surface area contributed by atoms with E-state index < -0.39 is 5.78 Å². The van der Waals surface area contributed by atoms with E-state index in [0.717, 1.165) is 10.0 Å². The number of carbonyl (C=O) groups excluding carboxylic acids is 1. The predicted molar refractivity (Wildman–Crippen MR) is 86.2 cm³/mol. The molecule has 0 bridgehead atoms. The lowest BCUT2D eigenvalue weighted by molar-refractivity contribution is 0.105. The predicted octanol–water partition coefficient (Wildman–Crippen LogP) is 4.03. The monoisotopic (exact) mass is 356 g/mol. The number of nitrogens with zero attached hydrogens (tertiary/aromatic N) is 2. The maximum Gasteiger partial charge on any atom is 0.254 e. The highest BCUT2D eigenvalue weighted by Gasteiger charge is 2.20. The number of imidazole rings is 1. The van der Waals surface area contributed by atoms with Gasteiger partial charge in [-0.15, -0.1) is 6.42 Å². The molecular weight excluding hydrogens is 347 g/mol. The molecule has 0 N–H and O–H groups in total. The van der Waals surface area contributed by atoms with Crippen LogP contribution in [-0.4, -0.2) is 15.2 Å². The van der Waals surface area contributed by atoms with Gasteiger partial charge < -0.3 is 0 Å². The molecule has 0 aliphatic rings. The Kier molecular flexibility index (Phi) is 3.55.